The van der Waals surface area contributed by atoms with E-state index in [9.17, 15) is 0 Å². The van der Waals surface area contributed by atoms with E-state index in [-0.39, 0.29) is 0 Å². The van der Waals surface area contributed by atoms with Gasteiger partial charge in [0.2, 0.25) is 0 Å². The van der Waals surface area contributed by atoms with Gasteiger partial charge < -0.3 is 9.30 Å². The van der Waals surface area contributed by atoms with Crippen molar-refractivity contribution in [3.8, 4) is 0 Å². The van der Waals surface area contributed by atoms with Gasteiger partial charge in [-0.25, -0.2) is 4.98 Å². The Morgan fingerprint density at radius 1 is 1.35 bits per heavy atom. The second-order valence-corrected chi connectivity index (χ2v) is 6.55. The highest BCUT2D eigenvalue weighted by Crippen LogP contribution is 2.24. The minimum absolute atomic E-state index is 0.443. The maximum atomic E-state index is 5.87. The topological polar surface area (TPSA) is 30.3 Å². The lowest BCUT2D eigenvalue weighted by molar-refractivity contribution is -0.00832. The highest BCUT2D eigenvalue weighted by atomic mass is 16.5. The summed E-state index contributed by atoms with van der Waals surface area (Å²) in [6.45, 7) is 8.61. The number of aromatic nitrogens is 2. The molecule has 20 heavy (non-hydrogen) atoms. The fraction of sp³-hybridized carbons (Fsp3) is 0.812. The second kappa shape index (κ2) is 5.86. The van der Waals surface area contributed by atoms with Crippen LogP contribution in [0.15, 0.2) is 0 Å². The molecule has 0 radical (unpaired) electrons. The predicted molar refractivity (Wildman–Crippen MR) is 79.9 cm³/mol. The molecule has 2 aliphatic heterocycles. The summed E-state index contributed by atoms with van der Waals surface area (Å²) >= 11 is 0. The van der Waals surface area contributed by atoms with Gasteiger partial charge in [0.05, 0.1) is 11.8 Å². The van der Waals surface area contributed by atoms with Crippen molar-refractivity contribution in [2.45, 2.75) is 58.1 Å². The monoisotopic (exact) mass is 277 g/mol. The lowest BCUT2D eigenvalue weighted by Gasteiger charge is -2.32. The summed E-state index contributed by atoms with van der Waals surface area (Å²) in [5, 5.41) is 0. The molecule has 1 aromatic rings. The molecule has 0 aliphatic carbocycles. The van der Waals surface area contributed by atoms with Crippen LogP contribution in [0.2, 0.25) is 0 Å². The number of nitrogens with zero attached hydrogens (tertiary/aromatic N) is 3. The van der Waals surface area contributed by atoms with Crippen molar-refractivity contribution in [3.05, 3.63) is 17.2 Å². The maximum Gasteiger partial charge on any atom is 0.111 e. The van der Waals surface area contributed by atoms with Crippen LogP contribution in [-0.4, -0.2) is 40.3 Å². The van der Waals surface area contributed by atoms with Gasteiger partial charge in [0.1, 0.15) is 5.82 Å². The average molecular weight is 277 g/mol. The Morgan fingerprint density at radius 3 is 2.90 bits per heavy atom. The van der Waals surface area contributed by atoms with Crippen LogP contribution in [0.3, 0.4) is 0 Å². The molecule has 0 bridgehead atoms. The van der Waals surface area contributed by atoms with Crippen molar-refractivity contribution in [2.75, 3.05) is 19.7 Å². The minimum atomic E-state index is 0.443. The van der Waals surface area contributed by atoms with E-state index in [0.717, 1.165) is 32.7 Å². The number of imidazole rings is 1. The molecular weight excluding hydrogens is 250 g/mol. The first-order valence-corrected chi connectivity index (χ1v) is 8.03. The first kappa shape index (κ1) is 14.1. The van der Waals surface area contributed by atoms with Gasteiger partial charge in [-0.3, -0.25) is 4.90 Å². The van der Waals surface area contributed by atoms with E-state index in [1.165, 1.54) is 36.5 Å². The molecule has 3 heterocycles. The molecule has 0 aromatic carbocycles. The van der Waals surface area contributed by atoms with Crippen LogP contribution < -0.4 is 0 Å². The SMILES string of the molecule is CC(C)c1nc2c(n1C)CCN(CC1CCCCO1)C2. The zero-order valence-electron chi connectivity index (χ0n) is 13.1. The first-order chi connectivity index (χ1) is 9.65. The Hall–Kier alpha value is -0.870. The quantitative estimate of drug-likeness (QED) is 0.850. The molecule has 2 aliphatic rings. The molecule has 3 rings (SSSR count). The summed E-state index contributed by atoms with van der Waals surface area (Å²) < 4.78 is 8.18. The van der Waals surface area contributed by atoms with Crippen molar-refractivity contribution in [1.82, 2.24) is 14.5 Å². The molecule has 0 amide bonds. The van der Waals surface area contributed by atoms with E-state index >= 15 is 0 Å². The molecule has 112 valence electrons. The number of hydrogen-bond acceptors (Lipinski definition) is 3. The highest BCUT2D eigenvalue weighted by Gasteiger charge is 2.25. The molecule has 1 unspecified atom stereocenters. The molecule has 0 spiro atoms. The molecule has 1 fully saturated rings. The van der Waals surface area contributed by atoms with Crippen molar-refractivity contribution < 1.29 is 4.74 Å². The Kier molecular flexibility index (Phi) is 4.13. The normalized spacial score (nSPS) is 24.1. The molecule has 1 aromatic heterocycles. The van der Waals surface area contributed by atoms with Gasteiger partial charge in [0, 0.05) is 51.3 Å². The summed E-state index contributed by atoms with van der Waals surface area (Å²) in [4.78, 5) is 7.40. The van der Waals surface area contributed by atoms with Gasteiger partial charge >= 0.3 is 0 Å². The van der Waals surface area contributed by atoms with E-state index in [1.54, 1.807) is 0 Å². The third-order valence-corrected chi connectivity index (χ3v) is 4.62. The molecule has 1 saturated heterocycles. The molecule has 0 saturated carbocycles. The average Bonchev–Trinajstić information content (AvgIpc) is 2.77. The summed E-state index contributed by atoms with van der Waals surface area (Å²) in [5.41, 5.74) is 2.73. The van der Waals surface area contributed by atoms with E-state index < -0.39 is 0 Å². The predicted octanol–water partition coefficient (Wildman–Crippen LogP) is 2.47. The summed E-state index contributed by atoms with van der Waals surface area (Å²) in [6, 6.07) is 0. The summed E-state index contributed by atoms with van der Waals surface area (Å²) in [7, 11) is 2.17. The van der Waals surface area contributed by atoms with Gasteiger partial charge in [-0.05, 0) is 19.3 Å². The van der Waals surface area contributed by atoms with Crippen LogP contribution >= 0.6 is 0 Å². The Labute approximate surface area is 122 Å². The van der Waals surface area contributed by atoms with Crippen LogP contribution in [0.5, 0.6) is 0 Å². The number of fused-ring (bicyclic) bond motifs is 1. The number of hydrogen-bond donors (Lipinski definition) is 0. The largest absolute Gasteiger partial charge is 0.377 e. The van der Waals surface area contributed by atoms with Crippen molar-refractivity contribution >= 4 is 0 Å². The molecule has 4 heteroatoms. The van der Waals surface area contributed by atoms with Gasteiger partial charge in [0.15, 0.2) is 0 Å². The minimum Gasteiger partial charge on any atom is -0.377 e. The van der Waals surface area contributed by atoms with Crippen molar-refractivity contribution in [1.29, 1.82) is 0 Å². The Morgan fingerprint density at radius 2 is 2.20 bits per heavy atom. The van der Waals surface area contributed by atoms with E-state index in [0.29, 0.717) is 12.0 Å². The third kappa shape index (κ3) is 2.77. The van der Waals surface area contributed by atoms with Crippen LogP contribution in [0.25, 0.3) is 0 Å². The third-order valence-electron chi connectivity index (χ3n) is 4.62. The standard InChI is InChI=1S/C16H27N3O/c1-12(2)16-17-14-11-19(8-7-15(14)18(16)3)10-13-6-4-5-9-20-13/h12-13H,4-11H2,1-3H3. The van der Waals surface area contributed by atoms with Crippen LogP contribution in [0, 0.1) is 0 Å². The van der Waals surface area contributed by atoms with Crippen LogP contribution in [0.1, 0.15) is 56.2 Å². The zero-order chi connectivity index (χ0) is 14.1. The first-order valence-electron chi connectivity index (χ1n) is 8.03. The Bertz CT molecular complexity index is 461. The second-order valence-electron chi connectivity index (χ2n) is 6.55. The molecule has 4 nitrogen and oxygen atoms in total. The summed E-state index contributed by atoms with van der Waals surface area (Å²) in [5.74, 6) is 1.73. The highest BCUT2D eigenvalue weighted by molar-refractivity contribution is 5.21. The van der Waals surface area contributed by atoms with E-state index in [2.05, 4.69) is 30.4 Å². The van der Waals surface area contributed by atoms with Crippen molar-refractivity contribution in [2.24, 2.45) is 7.05 Å². The van der Waals surface area contributed by atoms with Crippen LogP contribution in [-0.2, 0) is 24.8 Å². The maximum absolute atomic E-state index is 5.87. The van der Waals surface area contributed by atoms with Gasteiger partial charge in [-0.1, -0.05) is 13.8 Å². The smallest absolute Gasteiger partial charge is 0.111 e. The van der Waals surface area contributed by atoms with Gasteiger partial charge in [0.25, 0.3) is 0 Å². The lowest BCUT2D eigenvalue weighted by atomic mass is 10.1. The van der Waals surface area contributed by atoms with Crippen molar-refractivity contribution in [3.63, 3.8) is 0 Å². The summed E-state index contributed by atoms with van der Waals surface area (Å²) in [6.07, 6.45) is 5.35. The van der Waals surface area contributed by atoms with E-state index in [1.807, 2.05) is 0 Å². The number of rotatable bonds is 3. The Balaban J connectivity index is 1.67. The van der Waals surface area contributed by atoms with Gasteiger partial charge in [-0.15, -0.1) is 0 Å². The number of ether oxygens (including phenoxy) is 1. The zero-order valence-corrected chi connectivity index (χ0v) is 13.1. The lowest BCUT2D eigenvalue weighted by Crippen LogP contribution is -2.39. The fourth-order valence-electron chi connectivity index (χ4n) is 3.51. The van der Waals surface area contributed by atoms with E-state index in [4.69, 9.17) is 9.72 Å². The fourth-order valence-corrected chi connectivity index (χ4v) is 3.51. The molecule has 1 atom stereocenters. The van der Waals surface area contributed by atoms with Crippen LogP contribution in [0.4, 0.5) is 0 Å². The molecule has 0 N–H and O–H groups in total. The van der Waals surface area contributed by atoms with Gasteiger partial charge in [-0.2, -0.15) is 0 Å². The molecular formula is C16H27N3O.